The summed E-state index contributed by atoms with van der Waals surface area (Å²) in [4.78, 5) is 0. The average molecular weight is 323 g/mol. The van der Waals surface area contributed by atoms with Gasteiger partial charge < -0.3 is 5.11 Å². The van der Waals surface area contributed by atoms with Crippen molar-refractivity contribution >= 4 is 27.7 Å². The molecule has 1 N–H and O–H groups in total. The van der Waals surface area contributed by atoms with E-state index in [9.17, 15) is 5.11 Å². The van der Waals surface area contributed by atoms with Crippen molar-refractivity contribution in [1.29, 1.82) is 0 Å². The predicted octanol–water partition coefficient (Wildman–Crippen LogP) is 5.01. The van der Waals surface area contributed by atoms with E-state index < -0.39 is 0 Å². The standard InChI is InChI=1S/C15H15BrOS/c16-14-7-5-12(6-8-14)11-18-10-9-15(17)13-3-1-2-4-13/h1-8,17H,9-11H2. The van der Waals surface area contributed by atoms with E-state index in [0.29, 0.717) is 5.76 Å². The maximum atomic E-state index is 9.84. The van der Waals surface area contributed by atoms with E-state index in [1.807, 2.05) is 36.1 Å². The third-order valence-corrected chi connectivity index (χ3v) is 4.22. The molecule has 0 unspecified atom stereocenters. The number of thioether (sulfide) groups is 1. The Morgan fingerprint density at radius 3 is 2.44 bits per heavy atom. The number of hydrogen-bond acceptors (Lipinski definition) is 2. The van der Waals surface area contributed by atoms with Crippen LogP contribution in [0, 0.1) is 0 Å². The summed E-state index contributed by atoms with van der Waals surface area (Å²) in [5, 5.41) is 9.84. The van der Waals surface area contributed by atoms with Gasteiger partial charge in [0.1, 0.15) is 5.76 Å². The van der Waals surface area contributed by atoms with Gasteiger partial charge in [0.15, 0.2) is 0 Å². The highest BCUT2D eigenvalue weighted by Gasteiger charge is 2.02. The zero-order valence-corrected chi connectivity index (χ0v) is 12.4. The summed E-state index contributed by atoms with van der Waals surface area (Å²) in [5.74, 6) is 2.41. The summed E-state index contributed by atoms with van der Waals surface area (Å²) in [6, 6.07) is 8.36. The molecule has 18 heavy (non-hydrogen) atoms. The lowest BCUT2D eigenvalue weighted by atomic mass is 10.2. The molecule has 0 bridgehead atoms. The zero-order chi connectivity index (χ0) is 12.8. The Labute approximate surface area is 120 Å². The van der Waals surface area contributed by atoms with Crippen molar-refractivity contribution in [3.05, 3.63) is 69.9 Å². The number of allylic oxidation sites excluding steroid dienone is 6. The Kier molecular flexibility index (Phi) is 5.14. The Morgan fingerprint density at radius 1 is 1.11 bits per heavy atom. The second kappa shape index (κ2) is 6.86. The van der Waals surface area contributed by atoms with Crippen molar-refractivity contribution in [2.24, 2.45) is 0 Å². The topological polar surface area (TPSA) is 20.2 Å². The van der Waals surface area contributed by atoms with Gasteiger partial charge in [0.2, 0.25) is 0 Å². The lowest BCUT2D eigenvalue weighted by Crippen LogP contribution is -1.90. The van der Waals surface area contributed by atoms with E-state index in [1.165, 1.54) is 5.56 Å². The van der Waals surface area contributed by atoms with Crippen LogP contribution in [0.2, 0.25) is 0 Å². The van der Waals surface area contributed by atoms with Crippen LogP contribution in [0.3, 0.4) is 0 Å². The first kappa shape index (κ1) is 13.5. The first-order valence-electron chi connectivity index (χ1n) is 5.85. The molecular weight excluding hydrogens is 308 g/mol. The van der Waals surface area contributed by atoms with Crippen LogP contribution in [0.1, 0.15) is 12.0 Å². The summed E-state index contributed by atoms with van der Waals surface area (Å²) < 4.78 is 1.11. The van der Waals surface area contributed by atoms with Crippen molar-refractivity contribution in [2.45, 2.75) is 12.2 Å². The molecule has 0 heterocycles. The van der Waals surface area contributed by atoms with Crippen LogP contribution in [0.25, 0.3) is 0 Å². The monoisotopic (exact) mass is 322 g/mol. The third kappa shape index (κ3) is 4.07. The van der Waals surface area contributed by atoms with Crippen molar-refractivity contribution in [3.8, 4) is 0 Å². The molecule has 1 aliphatic rings. The normalized spacial score (nSPS) is 13.3. The van der Waals surface area contributed by atoms with Gasteiger partial charge in [-0.15, -0.1) is 0 Å². The molecule has 1 nitrogen and oxygen atoms in total. The van der Waals surface area contributed by atoms with Gasteiger partial charge in [0.25, 0.3) is 0 Å². The fourth-order valence-electron chi connectivity index (χ4n) is 1.65. The molecule has 1 aromatic rings. The number of rotatable bonds is 5. The van der Waals surface area contributed by atoms with E-state index in [4.69, 9.17) is 0 Å². The van der Waals surface area contributed by atoms with Crippen molar-refractivity contribution in [1.82, 2.24) is 0 Å². The summed E-state index contributed by atoms with van der Waals surface area (Å²) >= 11 is 5.27. The fraction of sp³-hybridized carbons (Fsp3) is 0.200. The van der Waals surface area contributed by atoms with Crippen molar-refractivity contribution < 1.29 is 5.11 Å². The van der Waals surface area contributed by atoms with Crippen LogP contribution < -0.4 is 0 Å². The Bertz CT molecular complexity index is 472. The minimum Gasteiger partial charge on any atom is -0.512 e. The average Bonchev–Trinajstić information content (AvgIpc) is 2.90. The third-order valence-electron chi connectivity index (χ3n) is 2.66. The minimum absolute atomic E-state index is 0.489. The van der Waals surface area contributed by atoms with Gasteiger partial charge in [-0.3, -0.25) is 0 Å². The number of halogens is 1. The first-order valence-corrected chi connectivity index (χ1v) is 7.79. The Hall–Kier alpha value is -0.930. The SMILES string of the molecule is OC(CCSCc1ccc(Br)cc1)=C1C=CC=C1. The summed E-state index contributed by atoms with van der Waals surface area (Å²) in [5.41, 5.74) is 2.26. The van der Waals surface area contributed by atoms with Crippen LogP contribution in [-0.4, -0.2) is 10.9 Å². The van der Waals surface area contributed by atoms with Crippen molar-refractivity contribution in [2.75, 3.05) is 5.75 Å². The Morgan fingerprint density at radius 2 is 1.78 bits per heavy atom. The molecule has 3 heteroatoms. The van der Waals surface area contributed by atoms with Gasteiger partial charge in [-0.05, 0) is 17.7 Å². The van der Waals surface area contributed by atoms with Gasteiger partial charge in [-0.25, -0.2) is 0 Å². The number of hydrogen-bond donors (Lipinski definition) is 1. The lowest BCUT2D eigenvalue weighted by molar-refractivity contribution is 0.392. The second-order valence-electron chi connectivity index (χ2n) is 4.05. The van der Waals surface area contributed by atoms with Crippen LogP contribution in [0.15, 0.2) is 64.4 Å². The molecule has 1 aromatic carbocycles. The smallest absolute Gasteiger partial charge is 0.100 e. The van der Waals surface area contributed by atoms with Crippen molar-refractivity contribution in [3.63, 3.8) is 0 Å². The summed E-state index contributed by atoms with van der Waals surface area (Å²) in [6.07, 6.45) is 8.50. The molecule has 0 saturated carbocycles. The maximum Gasteiger partial charge on any atom is 0.100 e. The highest BCUT2D eigenvalue weighted by atomic mass is 79.9. The molecule has 0 fully saturated rings. The van der Waals surface area contributed by atoms with Gasteiger partial charge in [-0.1, -0.05) is 52.4 Å². The van der Waals surface area contributed by atoms with Gasteiger partial charge >= 0.3 is 0 Å². The van der Waals surface area contributed by atoms with E-state index >= 15 is 0 Å². The lowest BCUT2D eigenvalue weighted by Gasteiger charge is -2.04. The Balaban J connectivity index is 1.73. The highest BCUT2D eigenvalue weighted by Crippen LogP contribution is 2.19. The largest absolute Gasteiger partial charge is 0.512 e. The summed E-state index contributed by atoms with van der Waals surface area (Å²) in [6.45, 7) is 0. The molecule has 0 aliphatic heterocycles. The second-order valence-corrected chi connectivity index (χ2v) is 6.07. The molecule has 0 saturated heterocycles. The van der Waals surface area contributed by atoms with Crippen LogP contribution >= 0.6 is 27.7 Å². The first-order chi connectivity index (χ1) is 8.75. The molecule has 94 valence electrons. The van der Waals surface area contributed by atoms with E-state index in [-0.39, 0.29) is 0 Å². The zero-order valence-electron chi connectivity index (χ0n) is 9.97. The molecule has 1 aliphatic carbocycles. The van der Waals surface area contributed by atoms with Crippen LogP contribution in [-0.2, 0) is 5.75 Å². The van der Waals surface area contributed by atoms with Gasteiger partial charge in [-0.2, -0.15) is 11.8 Å². The number of benzene rings is 1. The number of aliphatic hydroxyl groups is 1. The molecule has 0 aromatic heterocycles. The maximum absolute atomic E-state index is 9.84. The van der Waals surface area contributed by atoms with Crippen LogP contribution in [0.4, 0.5) is 0 Å². The molecule has 0 atom stereocenters. The molecule has 2 rings (SSSR count). The predicted molar refractivity (Wildman–Crippen MR) is 82.9 cm³/mol. The van der Waals surface area contributed by atoms with E-state index in [0.717, 1.165) is 28.0 Å². The van der Waals surface area contributed by atoms with E-state index in [2.05, 4.69) is 40.2 Å². The quantitative estimate of drug-likeness (QED) is 0.607. The van der Waals surface area contributed by atoms with Gasteiger partial charge in [0, 0.05) is 28.0 Å². The molecule has 0 radical (unpaired) electrons. The summed E-state index contributed by atoms with van der Waals surface area (Å²) in [7, 11) is 0. The number of aliphatic hydroxyl groups excluding tert-OH is 1. The van der Waals surface area contributed by atoms with E-state index in [1.54, 1.807) is 0 Å². The minimum atomic E-state index is 0.489. The van der Waals surface area contributed by atoms with Gasteiger partial charge in [0.05, 0.1) is 0 Å². The molecule has 0 amide bonds. The molecular formula is C15H15BrOS. The van der Waals surface area contributed by atoms with Crippen LogP contribution in [0.5, 0.6) is 0 Å². The highest BCUT2D eigenvalue weighted by molar-refractivity contribution is 9.10. The fourth-order valence-corrected chi connectivity index (χ4v) is 2.82. The molecule has 0 spiro atoms.